The van der Waals surface area contributed by atoms with Gasteiger partial charge in [0.1, 0.15) is 0 Å². The van der Waals surface area contributed by atoms with Crippen molar-refractivity contribution in [2.75, 3.05) is 0 Å². The van der Waals surface area contributed by atoms with Gasteiger partial charge in [0.05, 0.1) is 5.75 Å². The highest BCUT2D eigenvalue weighted by atomic mass is 32.2. The Balaban J connectivity index is 2.16. The average molecular weight is 162 g/mol. The molecule has 2 radical (unpaired) electrons. The molecule has 0 spiro atoms. The van der Waals surface area contributed by atoms with Gasteiger partial charge in [-0.2, -0.15) is 0 Å². The zero-order valence-electron chi connectivity index (χ0n) is 6.23. The van der Waals surface area contributed by atoms with E-state index < -0.39 is 0 Å². The van der Waals surface area contributed by atoms with Crippen LogP contribution in [-0.4, -0.2) is 0 Å². The molecule has 2 unspecified atom stereocenters. The van der Waals surface area contributed by atoms with Gasteiger partial charge in [0.25, 0.3) is 0 Å². The first-order chi connectivity index (χ1) is 5.47. The van der Waals surface area contributed by atoms with Crippen LogP contribution in [0, 0.1) is 17.6 Å². The lowest BCUT2D eigenvalue weighted by atomic mass is 9.87. The normalized spacial score (nSPS) is 34.9. The maximum atomic E-state index is 3.29. The van der Waals surface area contributed by atoms with Crippen LogP contribution in [0.1, 0.15) is 6.42 Å². The molecule has 0 aromatic carbocycles. The van der Waals surface area contributed by atoms with E-state index in [1.807, 2.05) is 0 Å². The van der Waals surface area contributed by atoms with Crippen LogP contribution in [0.5, 0.6) is 0 Å². The predicted octanol–water partition coefficient (Wildman–Crippen LogP) is 3.03. The summed E-state index contributed by atoms with van der Waals surface area (Å²) in [5.41, 5.74) is 0. The summed E-state index contributed by atoms with van der Waals surface area (Å²) in [6.07, 6.45) is 12.1. The standard InChI is InChI=1S/C10H10S/c1-2-4-10-6-8-11-7-5-9(10)3-1/h1-5,7,9-10H,6H2. The Bertz CT molecular complexity index is 213. The van der Waals surface area contributed by atoms with Crippen LogP contribution in [0.4, 0.5) is 0 Å². The molecule has 0 fully saturated rings. The van der Waals surface area contributed by atoms with E-state index >= 15 is 0 Å². The van der Waals surface area contributed by atoms with Gasteiger partial charge in [-0.1, -0.05) is 30.4 Å². The Morgan fingerprint density at radius 1 is 1.18 bits per heavy atom. The third kappa shape index (κ3) is 1.59. The Hall–Kier alpha value is -0.430. The molecule has 1 aliphatic heterocycles. The summed E-state index contributed by atoms with van der Waals surface area (Å²) in [6.45, 7) is 0. The summed E-state index contributed by atoms with van der Waals surface area (Å²) in [5, 5.41) is 2.13. The fourth-order valence-corrected chi connectivity index (χ4v) is 2.05. The van der Waals surface area contributed by atoms with Gasteiger partial charge < -0.3 is 0 Å². The van der Waals surface area contributed by atoms with E-state index in [2.05, 4.69) is 41.5 Å². The van der Waals surface area contributed by atoms with Crippen LogP contribution in [0.15, 0.2) is 35.8 Å². The molecular formula is C10H10S. The number of hydrogen-bond acceptors (Lipinski definition) is 1. The molecule has 0 N–H and O–H groups in total. The molecule has 56 valence electrons. The van der Waals surface area contributed by atoms with Crippen LogP contribution >= 0.6 is 11.8 Å². The third-order valence-corrected chi connectivity index (χ3v) is 2.69. The van der Waals surface area contributed by atoms with Crippen molar-refractivity contribution in [3.8, 4) is 0 Å². The van der Waals surface area contributed by atoms with E-state index in [9.17, 15) is 0 Å². The lowest BCUT2D eigenvalue weighted by Gasteiger charge is -2.18. The van der Waals surface area contributed by atoms with Gasteiger partial charge in [-0.25, -0.2) is 0 Å². The third-order valence-electron chi connectivity index (χ3n) is 2.07. The summed E-state index contributed by atoms with van der Waals surface area (Å²) in [4.78, 5) is 0. The molecule has 0 aromatic rings. The molecule has 0 nitrogen and oxygen atoms in total. The molecule has 2 rings (SSSR count). The van der Waals surface area contributed by atoms with E-state index in [1.165, 1.54) is 0 Å². The minimum absolute atomic E-state index is 0.613. The van der Waals surface area contributed by atoms with Gasteiger partial charge >= 0.3 is 0 Å². The van der Waals surface area contributed by atoms with Gasteiger partial charge in [-0.05, 0) is 17.7 Å². The van der Waals surface area contributed by atoms with Crippen molar-refractivity contribution in [2.24, 2.45) is 11.8 Å². The van der Waals surface area contributed by atoms with E-state index in [-0.39, 0.29) is 0 Å². The average Bonchev–Trinajstić information content (AvgIpc) is 2.28. The Morgan fingerprint density at radius 3 is 3.09 bits per heavy atom. The summed E-state index contributed by atoms with van der Waals surface area (Å²) < 4.78 is 0. The number of rotatable bonds is 0. The summed E-state index contributed by atoms with van der Waals surface area (Å²) in [6, 6.07) is 0. The zero-order chi connectivity index (χ0) is 7.52. The van der Waals surface area contributed by atoms with Crippen molar-refractivity contribution in [1.82, 2.24) is 0 Å². The Morgan fingerprint density at radius 2 is 2.09 bits per heavy atom. The van der Waals surface area contributed by atoms with Crippen molar-refractivity contribution < 1.29 is 0 Å². The first-order valence-corrected chi connectivity index (χ1v) is 4.75. The Labute approximate surface area is 72.1 Å². The van der Waals surface area contributed by atoms with Crippen LogP contribution in [0.3, 0.4) is 0 Å². The molecule has 0 saturated carbocycles. The quantitative estimate of drug-likeness (QED) is 0.527. The van der Waals surface area contributed by atoms with E-state index in [4.69, 9.17) is 0 Å². The fourth-order valence-electron chi connectivity index (χ4n) is 1.40. The van der Waals surface area contributed by atoms with Crippen LogP contribution in [-0.2, 0) is 0 Å². The van der Waals surface area contributed by atoms with Crippen LogP contribution in [0.25, 0.3) is 0 Å². The molecule has 2 atom stereocenters. The minimum Gasteiger partial charge on any atom is -0.125 e. The lowest BCUT2D eigenvalue weighted by molar-refractivity contribution is 0.556. The van der Waals surface area contributed by atoms with E-state index in [0.717, 1.165) is 6.42 Å². The molecule has 0 bridgehead atoms. The highest BCUT2D eigenvalue weighted by molar-refractivity contribution is 8.04. The number of fused-ring (bicyclic) bond motifs is 1. The molecule has 2 aliphatic rings. The van der Waals surface area contributed by atoms with Crippen molar-refractivity contribution in [3.05, 3.63) is 41.5 Å². The summed E-state index contributed by atoms with van der Waals surface area (Å²) >= 11 is 1.68. The van der Waals surface area contributed by atoms with Crippen molar-refractivity contribution >= 4 is 11.8 Å². The predicted molar refractivity (Wildman–Crippen MR) is 49.9 cm³/mol. The second kappa shape index (κ2) is 3.31. The zero-order valence-corrected chi connectivity index (χ0v) is 7.05. The van der Waals surface area contributed by atoms with E-state index in [1.54, 1.807) is 11.8 Å². The number of hydrogen-bond donors (Lipinski definition) is 0. The second-order valence-corrected chi connectivity index (χ2v) is 3.60. The smallest absolute Gasteiger partial charge is 0.0535 e. The number of allylic oxidation sites excluding steroid dienone is 5. The molecular weight excluding hydrogens is 152 g/mol. The fraction of sp³-hybridized carbons (Fsp3) is 0.300. The molecule has 1 aliphatic carbocycles. The molecule has 0 saturated heterocycles. The second-order valence-electron chi connectivity index (χ2n) is 2.81. The van der Waals surface area contributed by atoms with Gasteiger partial charge in [0, 0.05) is 5.92 Å². The molecule has 11 heavy (non-hydrogen) atoms. The van der Waals surface area contributed by atoms with Gasteiger partial charge in [-0.3, -0.25) is 0 Å². The summed E-state index contributed by atoms with van der Waals surface area (Å²) in [5.74, 6) is 4.56. The number of thioether (sulfide) groups is 1. The van der Waals surface area contributed by atoms with Crippen LogP contribution < -0.4 is 0 Å². The van der Waals surface area contributed by atoms with Gasteiger partial charge in [0.15, 0.2) is 0 Å². The molecule has 0 amide bonds. The SMILES string of the molecule is [C]1CC2C=CC=CC2C=CS1. The molecule has 1 heteroatoms. The van der Waals surface area contributed by atoms with Crippen molar-refractivity contribution in [1.29, 1.82) is 0 Å². The monoisotopic (exact) mass is 162 g/mol. The highest BCUT2D eigenvalue weighted by Gasteiger charge is 2.17. The molecule has 0 aromatic heterocycles. The van der Waals surface area contributed by atoms with Gasteiger partial charge in [-0.15, -0.1) is 11.8 Å². The maximum Gasteiger partial charge on any atom is 0.0535 e. The lowest BCUT2D eigenvalue weighted by Crippen LogP contribution is -2.08. The summed E-state index contributed by atoms with van der Waals surface area (Å²) in [7, 11) is 0. The van der Waals surface area contributed by atoms with E-state index in [0.29, 0.717) is 11.8 Å². The maximum absolute atomic E-state index is 3.29. The molecule has 1 heterocycles. The van der Waals surface area contributed by atoms with Crippen molar-refractivity contribution in [2.45, 2.75) is 6.42 Å². The minimum atomic E-state index is 0.613. The topological polar surface area (TPSA) is 0 Å². The first kappa shape index (κ1) is 7.23. The Kier molecular flexibility index (Phi) is 2.18. The first-order valence-electron chi connectivity index (χ1n) is 3.87. The largest absolute Gasteiger partial charge is 0.125 e. The van der Waals surface area contributed by atoms with Crippen LogP contribution in [0.2, 0.25) is 0 Å². The highest BCUT2D eigenvalue weighted by Crippen LogP contribution is 2.31. The van der Waals surface area contributed by atoms with Gasteiger partial charge in [0.2, 0.25) is 0 Å². The van der Waals surface area contributed by atoms with Crippen molar-refractivity contribution in [3.63, 3.8) is 0 Å².